The number of nitrogens with zero attached hydrogens (tertiary/aromatic N) is 1. The Bertz CT molecular complexity index is 1110. The van der Waals surface area contributed by atoms with Gasteiger partial charge in [0.1, 0.15) is 19.8 Å². The van der Waals surface area contributed by atoms with Gasteiger partial charge in [-0.1, -0.05) is 238 Å². The highest BCUT2D eigenvalue weighted by Gasteiger charge is 2.22. The lowest BCUT2D eigenvalue weighted by atomic mass is 10.0. The number of phosphoric acid groups is 1. The van der Waals surface area contributed by atoms with E-state index in [2.05, 4.69) is 26.0 Å². The van der Waals surface area contributed by atoms with Crippen LogP contribution >= 0.6 is 7.82 Å². The average Bonchev–Trinajstić information content (AvgIpc) is 3.26. The SMILES string of the molecule is CCCCCCCCCC/C=C\CCCCCCCCCCCCCCCCCCCCCCCC(=O)OC(COC(=O)CCCCCCCCCC)COP(=O)([O-])OCC[N+](C)(C)C. The van der Waals surface area contributed by atoms with E-state index < -0.39 is 26.5 Å². The molecule has 386 valence electrons. The maximum Gasteiger partial charge on any atom is 0.306 e. The van der Waals surface area contributed by atoms with Crippen LogP contribution in [0.2, 0.25) is 0 Å². The van der Waals surface area contributed by atoms with Gasteiger partial charge in [0.15, 0.2) is 6.10 Å². The third-order valence-electron chi connectivity index (χ3n) is 12.5. The van der Waals surface area contributed by atoms with Gasteiger partial charge < -0.3 is 27.9 Å². The van der Waals surface area contributed by atoms with Crippen LogP contribution in [0.1, 0.15) is 277 Å². The molecule has 2 unspecified atom stereocenters. The molecule has 0 spiro atoms. The lowest BCUT2D eigenvalue weighted by molar-refractivity contribution is -0.870. The highest BCUT2D eigenvalue weighted by atomic mass is 31.2. The van der Waals surface area contributed by atoms with Gasteiger partial charge in [0.2, 0.25) is 0 Å². The van der Waals surface area contributed by atoms with Crippen LogP contribution in [0.3, 0.4) is 0 Å². The molecule has 0 amide bonds. The standard InChI is InChI=1S/C55H108NO8P/c1-6-8-10-12-14-16-17-18-19-20-21-22-23-24-25-26-27-28-29-30-31-32-33-34-35-36-37-38-39-40-42-44-46-48-55(58)64-53(52-63-65(59,60)62-50-49-56(3,4)5)51-61-54(57)47-45-43-41-15-13-11-9-7-2/h20-21,53H,6-19,22-52H2,1-5H3/b21-20-. The van der Waals surface area contributed by atoms with E-state index in [1.165, 1.54) is 212 Å². The molecule has 0 aromatic rings. The third-order valence-corrected chi connectivity index (χ3v) is 13.5. The molecule has 0 saturated heterocycles. The van der Waals surface area contributed by atoms with Crippen molar-refractivity contribution < 1.29 is 42.1 Å². The van der Waals surface area contributed by atoms with E-state index in [1.54, 1.807) is 0 Å². The number of ether oxygens (including phenoxy) is 2. The number of allylic oxidation sites excluding steroid dienone is 2. The molecule has 0 radical (unpaired) electrons. The van der Waals surface area contributed by atoms with Gasteiger partial charge in [0.25, 0.3) is 7.82 Å². The summed E-state index contributed by atoms with van der Waals surface area (Å²) in [7, 11) is 1.18. The Hall–Kier alpha value is -1.25. The lowest BCUT2D eigenvalue weighted by Gasteiger charge is -2.28. The second kappa shape index (κ2) is 47.8. The van der Waals surface area contributed by atoms with Crippen molar-refractivity contribution in [3.8, 4) is 0 Å². The van der Waals surface area contributed by atoms with Gasteiger partial charge in [-0.2, -0.15) is 0 Å². The van der Waals surface area contributed by atoms with Crippen LogP contribution in [0.25, 0.3) is 0 Å². The summed E-state index contributed by atoms with van der Waals surface area (Å²) < 4.78 is 33.9. The Balaban J connectivity index is 3.87. The predicted octanol–water partition coefficient (Wildman–Crippen LogP) is 16.2. The Morgan fingerprint density at radius 1 is 0.462 bits per heavy atom. The van der Waals surface area contributed by atoms with E-state index in [4.69, 9.17) is 18.5 Å². The van der Waals surface area contributed by atoms with E-state index in [1.807, 2.05) is 21.1 Å². The third kappa shape index (κ3) is 52.0. The van der Waals surface area contributed by atoms with Gasteiger partial charge in [0, 0.05) is 12.8 Å². The molecule has 0 N–H and O–H groups in total. The van der Waals surface area contributed by atoms with E-state index >= 15 is 0 Å². The first-order chi connectivity index (χ1) is 31.5. The maximum atomic E-state index is 12.7. The van der Waals surface area contributed by atoms with Crippen LogP contribution in [-0.2, 0) is 32.7 Å². The van der Waals surface area contributed by atoms with Crippen molar-refractivity contribution in [2.24, 2.45) is 0 Å². The quantitative estimate of drug-likeness (QED) is 0.0195. The van der Waals surface area contributed by atoms with Gasteiger partial charge in [-0.3, -0.25) is 14.2 Å². The van der Waals surface area contributed by atoms with Crippen molar-refractivity contribution in [2.75, 3.05) is 47.5 Å². The molecule has 0 fully saturated rings. The summed E-state index contributed by atoms with van der Waals surface area (Å²) in [5.41, 5.74) is 0. The Kier molecular flexibility index (Phi) is 46.9. The molecule has 0 aromatic heterocycles. The second-order valence-electron chi connectivity index (χ2n) is 20.3. The summed E-state index contributed by atoms with van der Waals surface area (Å²) in [5, 5.41) is 0. The van der Waals surface area contributed by atoms with Crippen molar-refractivity contribution in [3.05, 3.63) is 12.2 Å². The normalized spacial score (nSPS) is 13.4. The van der Waals surface area contributed by atoms with Crippen LogP contribution < -0.4 is 4.89 Å². The molecule has 0 aliphatic rings. The smallest absolute Gasteiger partial charge is 0.306 e. The molecule has 0 heterocycles. The van der Waals surface area contributed by atoms with Crippen LogP contribution in [0.15, 0.2) is 12.2 Å². The summed E-state index contributed by atoms with van der Waals surface area (Å²) in [5.74, 6) is -0.824. The number of rotatable bonds is 52. The van der Waals surface area contributed by atoms with Crippen LogP contribution in [-0.4, -0.2) is 70.0 Å². The highest BCUT2D eigenvalue weighted by Crippen LogP contribution is 2.38. The molecular formula is C55H108NO8P. The van der Waals surface area contributed by atoms with Crippen molar-refractivity contribution >= 4 is 19.8 Å². The van der Waals surface area contributed by atoms with E-state index in [-0.39, 0.29) is 32.0 Å². The fourth-order valence-electron chi connectivity index (χ4n) is 8.18. The summed E-state index contributed by atoms with van der Waals surface area (Å²) in [4.78, 5) is 37.5. The van der Waals surface area contributed by atoms with Crippen molar-refractivity contribution in [1.29, 1.82) is 0 Å². The number of hydrogen-bond donors (Lipinski definition) is 0. The predicted molar refractivity (Wildman–Crippen MR) is 273 cm³/mol. The van der Waals surface area contributed by atoms with Crippen LogP contribution in [0.5, 0.6) is 0 Å². The highest BCUT2D eigenvalue weighted by molar-refractivity contribution is 7.45. The first-order valence-electron chi connectivity index (χ1n) is 27.9. The van der Waals surface area contributed by atoms with Gasteiger partial charge in [-0.05, 0) is 38.5 Å². The molecule has 0 saturated carbocycles. The molecule has 65 heavy (non-hydrogen) atoms. The van der Waals surface area contributed by atoms with Crippen LogP contribution in [0.4, 0.5) is 0 Å². The molecule has 0 bridgehead atoms. The van der Waals surface area contributed by atoms with E-state index in [0.717, 1.165) is 32.1 Å². The van der Waals surface area contributed by atoms with Gasteiger partial charge in [-0.25, -0.2) is 0 Å². The monoisotopic (exact) mass is 942 g/mol. The average molecular weight is 942 g/mol. The minimum atomic E-state index is -4.62. The largest absolute Gasteiger partial charge is 0.756 e. The van der Waals surface area contributed by atoms with Crippen molar-refractivity contribution in [1.82, 2.24) is 0 Å². The van der Waals surface area contributed by atoms with E-state index in [9.17, 15) is 19.0 Å². The number of hydrogen-bond acceptors (Lipinski definition) is 8. The summed E-state index contributed by atoms with van der Waals surface area (Å²) in [6.45, 7) is 4.23. The summed E-state index contributed by atoms with van der Waals surface area (Å²) >= 11 is 0. The van der Waals surface area contributed by atoms with Gasteiger partial charge in [-0.15, -0.1) is 0 Å². The van der Waals surface area contributed by atoms with Gasteiger partial charge >= 0.3 is 11.9 Å². The Labute approximate surface area is 403 Å². The van der Waals surface area contributed by atoms with Crippen molar-refractivity contribution in [2.45, 2.75) is 283 Å². The number of unbranched alkanes of at least 4 members (excludes halogenated alkanes) is 36. The zero-order chi connectivity index (χ0) is 47.8. The van der Waals surface area contributed by atoms with Crippen LogP contribution in [0, 0.1) is 0 Å². The molecule has 0 rings (SSSR count). The molecule has 0 aliphatic carbocycles. The first-order valence-corrected chi connectivity index (χ1v) is 29.4. The Morgan fingerprint density at radius 3 is 1.14 bits per heavy atom. The summed E-state index contributed by atoms with van der Waals surface area (Å²) in [6, 6.07) is 0. The number of esters is 2. The molecule has 9 nitrogen and oxygen atoms in total. The van der Waals surface area contributed by atoms with Gasteiger partial charge in [0.05, 0.1) is 27.7 Å². The number of likely N-dealkylation sites (N-methyl/N-ethyl adjacent to an activating group) is 1. The van der Waals surface area contributed by atoms with E-state index in [0.29, 0.717) is 17.4 Å². The molecule has 10 heteroatoms. The fraction of sp³-hybridized carbons (Fsp3) is 0.927. The van der Waals surface area contributed by atoms with Crippen molar-refractivity contribution in [3.63, 3.8) is 0 Å². The zero-order valence-corrected chi connectivity index (χ0v) is 44.6. The fourth-order valence-corrected chi connectivity index (χ4v) is 8.91. The minimum absolute atomic E-state index is 0.0267. The lowest BCUT2D eigenvalue weighted by Crippen LogP contribution is -2.37. The number of carbonyl (C=O) groups excluding carboxylic acids is 2. The first kappa shape index (κ1) is 63.8. The maximum absolute atomic E-state index is 12.7. The second-order valence-corrected chi connectivity index (χ2v) is 21.7. The summed E-state index contributed by atoms with van der Waals surface area (Å²) in [6.07, 6.45) is 54.4. The Morgan fingerprint density at radius 2 is 0.785 bits per heavy atom. The number of carbonyl (C=O) groups is 2. The zero-order valence-electron chi connectivity index (χ0n) is 43.7. The topological polar surface area (TPSA) is 111 Å². The minimum Gasteiger partial charge on any atom is -0.756 e. The molecule has 0 aliphatic heterocycles. The number of quaternary nitrogens is 1. The molecule has 0 aromatic carbocycles. The molecular weight excluding hydrogens is 834 g/mol. The molecule has 2 atom stereocenters. The number of phosphoric ester groups is 1.